The summed E-state index contributed by atoms with van der Waals surface area (Å²) in [5.74, 6) is 0.649. The molecule has 0 amide bonds. The number of hydrogen-bond acceptors (Lipinski definition) is 3. The highest BCUT2D eigenvalue weighted by Crippen LogP contribution is 2.29. The van der Waals surface area contributed by atoms with Gasteiger partial charge in [-0.25, -0.2) is 4.98 Å². The molecule has 1 aromatic heterocycles. The first kappa shape index (κ1) is 15.2. The van der Waals surface area contributed by atoms with Crippen molar-refractivity contribution in [2.45, 2.75) is 46.7 Å². The van der Waals surface area contributed by atoms with Crippen LogP contribution in [0.5, 0.6) is 0 Å². The van der Waals surface area contributed by atoms with E-state index in [9.17, 15) is 0 Å². The fraction of sp³-hybridized carbons (Fsp3) is 0.471. The summed E-state index contributed by atoms with van der Waals surface area (Å²) < 4.78 is 0. The Morgan fingerprint density at radius 2 is 1.80 bits per heavy atom. The molecule has 0 radical (unpaired) electrons. The van der Waals surface area contributed by atoms with Crippen molar-refractivity contribution in [2.75, 3.05) is 0 Å². The third kappa shape index (κ3) is 4.15. The molecule has 2 nitrogen and oxygen atoms in total. The number of benzene rings is 1. The average molecular weight is 288 g/mol. The lowest BCUT2D eigenvalue weighted by atomic mass is 10.1. The molecule has 1 aromatic carbocycles. The Morgan fingerprint density at radius 1 is 1.10 bits per heavy atom. The zero-order valence-electron chi connectivity index (χ0n) is 12.8. The second-order valence-electron chi connectivity index (χ2n) is 5.88. The summed E-state index contributed by atoms with van der Waals surface area (Å²) in [5, 5.41) is 4.76. The summed E-state index contributed by atoms with van der Waals surface area (Å²) in [5.41, 5.74) is 2.37. The summed E-state index contributed by atoms with van der Waals surface area (Å²) >= 11 is 1.85. The molecule has 0 aliphatic rings. The maximum atomic E-state index is 4.88. The molecule has 2 aromatic rings. The average Bonchev–Trinajstić information content (AvgIpc) is 2.79. The van der Waals surface area contributed by atoms with Gasteiger partial charge >= 0.3 is 0 Å². The number of hydrogen-bond donors (Lipinski definition) is 1. The standard InChI is InChI=1S/C17H24N2S/c1-12(2)10-16-19-17(14-8-6-5-7-9-14)15(20-16)11-18-13(3)4/h5-9,12-13,18H,10-11H2,1-4H3. The van der Waals surface area contributed by atoms with E-state index in [4.69, 9.17) is 4.98 Å². The minimum Gasteiger partial charge on any atom is -0.310 e. The maximum Gasteiger partial charge on any atom is 0.0938 e. The molecule has 3 heteroatoms. The third-order valence-electron chi connectivity index (χ3n) is 3.04. The van der Waals surface area contributed by atoms with Crippen LogP contribution in [0.4, 0.5) is 0 Å². The monoisotopic (exact) mass is 288 g/mol. The van der Waals surface area contributed by atoms with Crippen LogP contribution in [0.15, 0.2) is 30.3 Å². The van der Waals surface area contributed by atoms with Crippen LogP contribution in [0.25, 0.3) is 11.3 Å². The van der Waals surface area contributed by atoms with Crippen LogP contribution in [0.2, 0.25) is 0 Å². The van der Waals surface area contributed by atoms with Gasteiger partial charge < -0.3 is 5.32 Å². The summed E-state index contributed by atoms with van der Waals surface area (Å²) in [4.78, 5) is 6.22. The molecule has 0 spiro atoms. The predicted octanol–water partition coefficient (Wildman–Crippen LogP) is 4.51. The first-order chi connectivity index (χ1) is 9.56. The summed E-state index contributed by atoms with van der Waals surface area (Å²) in [6, 6.07) is 11.0. The molecular weight excluding hydrogens is 264 g/mol. The van der Waals surface area contributed by atoms with Gasteiger partial charge in [-0.05, 0) is 5.92 Å². The highest BCUT2D eigenvalue weighted by atomic mass is 32.1. The van der Waals surface area contributed by atoms with Crippen molar-refractivity contribution in [3.05, 3.63) is 40.2 Å². The Bertz CT molecular complexity index is 529. The van der Waals surface area contributed by atoms with Gasteiger partial charge in [-0.1, -0.05) is 58.0 Å². The minimum absolute atomic E-state index is 0.495. The first-order valence-corrected chi connectivity index (χ1v) is 8.15. The third-order valence-corrected chi connectivity index (χ3v) is 4.12. The fourth-order valence-electron chi connectivity index (χ4n) is 2.08. The van der Waals surface area contributed by atoms with E-state index in [1.54, 1.807) is 0 Å². The molecule has 0 saturated carbocycles. The van der Waals surface area contributed by atoms with E-state index in [0.717, 1.165) is 18.7 Å². The highest BCUT2D eigenvalue weighted by molar-refractivity contribution is 7.12. The molecule has 1 heterocycles. The SMILES string of the molecule is CC(C)Cc1nc(-c2ccccc2)c(CNC(C)C)s1. The lowest BCUT2D eigenvalue weighted by Crippen LogP contribution is -2.21. The van der Waals surface area contributed by atoms with E-state index in [2.05, 4.69) is 63.3 Å². The molecule has 0 saturated heterocycles. The molecule has 0 aliphatic carbocycles. The Morgan fingerprint density at radius 3 is 2.40 bits per heavy atom. The predicted molar refractivity (Wildman–Crippen MR) is 88.1 cm³/mol. The zero-order chi connectivity index (χ0) is 14.5. The van der Waals surface area contributed by atoms with Crippen LogP contribution in [-0.4, -0.2) is 11.0 Å². The Hall–Kier alpha value is -1.19. The molecule has 20 heavy (non-hydrogen) atoms. The van der Waals surface area contributed by atoms with Crippen LogP contribution in [-0.2, 0) is 13.0 Å². The van der Waals surface area contributed by atoms with E-state index >= 15 is 0 Å². The molecular formula is C17H24N2S. The normalized spacial score (nSPS) is 11.5. The topological polar surface area (TPSA) is 24.9 Å². The van der Waals surface area contributed by atoms with Gasteiger partial charge in [0.25, 0.3) is 0 Å². The van der Waals surface area contributed by atoms with Gasteiger partial charge in [0.2, 0.25) is 0 Å². The Kier molecular flexibility index (Phi) is 5.32. The second-order valence-corrected chi connectivity index (χ2v) is 7.05. The quantitative estimate of drug-likeness (QED) is 0.846. The smallest absolute Gasteiger partial charge is 0.0938 e. The van der Waals surface area contributed by atoms with Crippen molar-refractivity contribution < 1.29 is 0 Å². The Labute approximate surface area is 126 Å². The summed E-state index contributed by atoms with van der Waals surface area (Å²) in [6.07, 6.45) is 1.06. The molecule has 0 atom stereocenters. The van der Waals surface area contributed by atoms with Crippen molar-refractivity contribution in [1.29, 1.82) is 0 Å². The number of rotatable bonds is 6. The van der Waals surface area contributed by atoms with Crippen molar-refractivity contribution in [3.63, 3.8) is 0 Å². The van der Waals surface area contributed by atoms with Crippen molar-refractivity contribution in [2.24, 2.45) is 5.92 Å². The zero-order valence-corrected chi connectivity index (χ0v) is 13.6. The molecule has 0 fully saturated rings. The van der Waals surface area contributed by atoms with Gasteiger partial charge in [-0.15, -0.1) is 11.3 Å². The molecule has 108 valence electrons. The van der Waals surface area contributed by atoms with Gasteiger partial charge in [0.1, 0.15) is 0 Å². The summed E-state index contributed by atoms with van der Waals surface area (Å²) in [6.45, 7) is 9.75. The van der Waals surface area contributed by atoms with Gasteiger partial charge in [0.05, 0.1) is 10.7 Å². The van der Waals surface area contributed by atoms with E-state index in [1.807, 2.05) is 11.3 Å². The number of nitrogens with one attached hydrogen (secondary N) is 1. The van der Waals surface area contributed by atoms with Crippen LogP contribution in [0.3, 0.4) is 0 Å². The number of nitrogens with zero attached hydrogens (tertiary/aromatic N) is 1. The van der Waals surface area contributed by atoms with E-state index in [1.165, 1.54) is 15.4 Å². The van der Waals surface area contributed by atoms with Crippen molar-refractivity contribution in [1.82, 2.24) is 10.3 Å². The Balaban J connectivity index is 2.29. The molecule has 1 N–H and O–H groups in total. The van der Waals surface area contributed by atoms with Gasteiger partial charge in [-0.2, -0.15) is 0 Å². The van der Waals surface area contributed by atoms with Gasteiger partial charge in [0.15, 0.2) is 0 Å². The lowest BCUT2D eigenvalue weighted by Gasteiger charge is -2.07. The minimum atomic E-state index is 0.495. The summed E-state index contributed by atoms with van der Waals surface area (Å²) in [7, 11) is 0. The highest BCUT2D eigenvalue weighted by Gasteiger charge is 2.13. The molecule has 0 unspecified atom stereocenters. The van der Waals surface area contributed by atoms with E-state index < -0.39 is 0 Å². The van der Waals surface area contributed by atoms with Crippen molar-refractivity contribution >= 4 is 11.3 Å². The van der Waals surface area contributed by atoms with Crippen LogP contribution >= 0.6 is 11.3 Å². The maximum absolute atomic E-state index is 4.88. The fourth-order valence-corrected chi connectivity index (χ4v) is 3.33. The lowest BCUT2D eigenvalue weighted by molar-refractivity contribution is 0.593. The molecule has 0 bridgehead atoms. The van der Waals surface area contributed by atoms with E-state index in [0.29, 0.717) is 12.0 Å². The van der Waals surface area contributed by atoms with Crippen LogP contribution in [0.1, 0.15) is 37.6 Å². The van der Waals surface area contributed by atoms with Crippen LogP contribution < -0.4 is 5.32 Å². The van der Waals surface area contributed by atoms with Gasteiger partial charge in [0, 0.05) is 29.4 Å². The molecule has 0 aliphatic heterocycles. The van der Waals surface area contributed by atoms with Crippen LogP contribution in [0, 0.1) is 5.92 Å². The number of aromatic nitrogens is 1. The largest absolute Gasteiger partial charge is 0.310 e. The second kappa shape index (κ2) is 7.00. The van der Waals surface area contributed by atoms with Crippen molar-refractivity contribution in [3.8, 4) is 11.3 Å². The van der Waals surface area contributed by atoms with Gasteiger partial charge in [-0.3, -0.25) is 0 Å². The molecule has 2 rings (SSSR count). The van der Waals surface area contributed by atoms with E-state index in [-0.39, 0.29) is 0 Å². The first-order valence-electron chi connectivity index (χ1n) is 7.33. The number of thiazole rings is 1.